The maximum atomic E-state index is 11.6. The van der Waals surface area contributed by atoms with Gasteiger partial charge < -0.3 is 14.7 Å². The number of hydrogen-bond acceptors (Lipinski definition) is 3. The number of ether oxygens (including phenoxy) is 1. The first kappa shape index (κ1) is 13.2. The second kappa shape index (κ2) is 5.16. The fourth-order valence-corrected chi connectivity index (χ4v) is 1.99. The molecule has 4 nitrogen and oxygen atoms in total. The Morgan fingerprint density at radius 3 is 2.50 bits per heavy atom. The van der Waals surface area contributed by atoms with Gasteiger partial charge in [0.15, 0.2) is 6.61 Å². The first-order valence-corrected chi connectivity index (χ1v) is 6.20. The van der Waals surface area contributed by atoms with E-state index < -0.39 is 0 Å². The lowest BCUT2D eigenvalue weighted by Crippen LogP contribution is -2.54. The monoisotopic (exact) mass is 269 g/mol. The van der Waals surface area contributed by atoms with Gasteiger partial charge in [-0.15, -0.1) is 0 Å². The number of benzene rings is 1. The van der Waals surface area contributed by atoms with Gasteiger partial charge in [-0.3, -0.25) is 4.79 Å². The Morgan fingerprint density at radius 2 is 2.00 bits per heavy atom. The minimum Gasteiger partial charge on any atom is -0.484 e. The fourth-order valence-electron chi connectivity index (χ4n) is 1.88. The number of aliphatic hydroxyl groups is 1. The number of halogens is 1. The molecular weight excluding hydrogens is 254 g/mol. The van der Waals surface area contributed by atoms with Gasteiger partial charge in [-0.05, 0) is 37.1 Å². The summed E-state index contributed by atoms with van der Waals surface area (Å²) in [4.78, 5) is 13.2. The highest BCUT2D eigenvalue weighted by Gasteiger charge is 2.28. The zero-order valence-electron chi connectivity index (χ0n) is 10.4. The van der Waals surface area contributed by atoms with Crippen LogP contribution >= 0.6 is 11.6 Å². The van der Waals surface area contributed by atoms with Crippen molar-refractivity contribution in [3.63, 3.8) is 0 Å². The van der Waals surface area contributed by atoms with Gasteiger partial charge in [0.2, 0.25) is 0 Å². The van der Waals surface area contributed by atoms with Gasteiger partial charge in [0.25, 0.3) is 5.91 Å². The smallest absolute Gasteiger partial charge is 0.260 e. The molecule has 0 atom stereocenters. The van der Waals surface area contributed by atoms with Gasteiger partial charge >= 0.3 is 0 Å². The molecule has 0 radical (unpaired) electrons. The molecule has 1 fully saturated rings. The minimum absolute atomic E-state index is 0.00671. The molecule has 1 aliphatic heterocycles. The molecule has 98 valence electrons. The zero-order chi connectivity index (χ0) is 13.3. The Hall–Kier alpha value is -1.26. The van der Waals surface area contributed by atoms with E-state index in [9.17, 15) is 4.79 Å². The molecular formula is C13H16ClNO3. The van der Waals surface area contributed by atoms with Crippen LogP contribution in [0.15, 0.2) is 12.1 Å². The van der Waals surface area contributed by atoms with Crippen molar-refractivity contribution in [2.75, 3.05) is 19.7 Å². The van der Waals surface area contributed by atoms with E-state index >= 15 is 0 Å². The molecule has 0 aliphatic carbocycles. The van der Waals surface area contributed by atoms with E-state index in [4.69, 9.17) is 21.4 Å². The van der Waals surface area contributed by atoms with E-state index in [1.54, 1.807) is 4.90 Å². The van der Waals surface area contributed by atoms with Gasteiger partial charge in [-0.2, -0.15) is 0 Å². The average Bonchev–Trinajstić information content (AvgIpc) is 2.28. The van der Waals surface area contributed by atoms with Crippen molar-refractivity contribution in [2.24, 2.45) is 0 Å². The summed E-state index contributed by atoms with van der Waals surface area (Å²) in [5.74, 6) is 0.536. The van der Waals surface area contributed by atoms with Crippen LogP contribution in [0.4, 0.5) is 0 Å². The van der Waals surface area contributed by atoms with Crippen LogP contribution in [-0.4, -0.2) is 41.7 Å². The number of aryl methyl sites for hydroxylation is 2. The Kier molecular flexibility index (Phi) is 3.78. The molecule has 1 aromatic carbocycles. The van der Waals surface area contributed by atoms with Gasteiger partial charge in [0.05, 0.1) is 6.10 Å². The SMILES string of the molecule is Cc1cc(OCC(=O)N2CC(O)C2)cc(C)c1Cl. The largest absolute Gasteiger partial charge is 0.484 e. The third kappa shape index (κ3) is 2.76. The number of β-amino-alcohol motifs (C(OH)–C–C–N with tert-alkyl or cyclic N) is 1. The summed E-state index contributed by atoms with van der Waals surface area (Å²) in [7, 11) is 0. The van der Waals surface area contributed by atoms with Crippen LogP contribution in [0.5, 0.6) is 5.75 Å². The van der Waals surface area contributed by atoms with Crippen LogP contribution in [0.3, 0.4) is 0 Å². The normalized spacial score (nSPS) is 15.4. The lowest BCUT2D eigenvalue weighted by Gasteiger charge is -2.35. The van der Waals surface area contributed by atoms with Crippen LogP contribution in [0.25, 0.3) is 0 Å². The molecule has 1 amide bonds. The molecule has 1 heterocycles. The highest BCUT2D eigenvalue weighted by Crippen LogP contribution is 2.25. The van der Waals surface area contributed by atoms with E-state index in [1.807, 2.05) is 26.0 Å². The van der Waals surface area contributed by atoms with Crippen LogP contribution in [0.1, 0.15) is 11.1 Å². The molecule has 1 aliphatic rings. The topological polar surface area (TPSA) is 49.8 Å². The third-order valence-electron chi connectivity index (χ3n) is 2.99. The quantitative estimate of drug-likeness (QED) is 0.906. The van der Waals surface area contributed by atoms with E-state index in [0.717, 1.165) is 16.1 Å². The number of amides is 1. The average molecular weight is 270 g/mol. The molecule has 1 saturated heterocycles. The van der Waals surface area contributed by atoms with Crippen molar-refractivity contribution in [3.8, 4) is 5.75 Å². The van der Waals surface area contributed by atoms with Crippen molar-refractivity contribution >= 4 is 17.5 Å². The zero-order valence-corrected chi connectivity index (χ0v) is 11.2. The summed E-state index contributed by atoms with van der Waals surface area (Å²) in [6.07, 6.45) is -0.381. The van der Waals surface area contributed by atoms with Crippen molar-refractivity contribution in [1.29, 1.82) is 0 Å². The molecule has 1 aromatic rings. The number of carbonyl (C=O) groups excluding carboxylic acids is 1. The van der Waals surface area contributed by atoms with Crippen molar-refractivity contribution in [3.05, 3.63) is 28.3 Å². The summed E-state index contributed by atoms with van der Waals surface area (Å²) in [5, 5.41) is 9.83. The number of nitrogens with zero attached hydrogens (tertiary/aromatic N) is 1. The maximum Gasteiger partial charge on any atom is 0.260 e. The molecule has 1 N–H and O–H groups in total. The van der Waals surface area contributed by atoms with Crippen molar-refractivity contribution < 1.29 is 14.6 Å². The Bertz CT molecular complexity index is 446. The summed E-state index contributed by atoms with van der Waals surface area (Å²) >= 11 is 6.05. The summed E-state index contributed by atoms with van der Waals surface area (Å²) in [5.41, 5.74) is 1.86. The van der Waals surface area contributed by atoms with Crippen molar-refractivity contribution in [2.45, 2.75) is 20.0 Å². The molecule has 0 saturated carbocycles. The molecule has 18 heavy (non-hydrogen) atoms. The second-order valence-corrected chi connectivity index (χ2v) is 4.99. The van der Waals surface area contributed by atoms with Crippen molar-refractivity contribution in [1.82, 2.24) is 4.90 Å². The van der Waals surface area contributed by atoms with E-state index in [-0.39, 0.29) is 18.6 Å². The van der Waals surface area contributed by atoms with Crippen LogP contribution in [0.2, 0.25) is 5.02 Å². The van der Waals surface area contributed by atoms with E-state index in [0.29, 0.717) is 18.8 Å². The fraction of sp³-hybridized carbons (Fsp3) is 0.462. The first-order chi connectivity index (χ1) is 8.47. The summed E-state index contributed by atoms with van der Waals surface area (Å²) in [6, 6.07) is 3.63. The molecule has 5 heteroatoms. The first-order valence-electron chi connectivity index (χ1n) is 5.82. The molecule has 0 bridgehead atoms. The van der Waals surface area contributed by atoms with Gasteiger partial charge in [0, 0.05) is 18.1 Å². The Labute approximate surface area is 111 Å². The lowest BCUT2D eigenvalue weighted by atomic mass is 10.1. The lowest BCUT2D eigenvalue weighted by molar-refractivity contribution is -0.143. The van der Waals surface area contributed by atoms with Crippen LogP contribution in [0, 0.1) is 13.8 Å². The van der Waals surface area contributed by atoms with E-state index in [1.165, 1.54) is 0 Å². The van der Waals surface area contributed by atoms with Gasteiger partial charge in [-0.25, -0.2) is 0 Å². The van der Waals surface area contributed by atoms with Crippen LogP contribution < -0.4 is 4.74 Å². The number of rotatable bonds is 3. The highest BCUT2D eigenvalue weighted by molar-refractivity contribution is 6.32. The molecule has 0 spiro atoms. The summed E-state index contributed by atoms with van der Waals surface area (Å²) in [6.45, 7) is 4.60. The van der Waals surface area contributed by atoms with Gasteiger partial charge in [-0.1, -0.05) is 11.6 Å². The summed E-state index contributed by atoms with van der Waals surface area (Å²) < 4.78 is 5.45. The Balaban J connectivity index is 1.92. The number of hydrogen-bond donors (Lipinski definition) is 1. The second-order valence-electron chi connectivity index (χ2n) is 4.61. The number of likely N-dealkylation sites (tertiary alicyclic amines) is 1. The minimum atomic E-state index is -0.381. The molecule has 0 aromatic heterocycles. The predicted molar refractivity (Wildman–Crippen MR) is 69.0 cm³/mol. The van der Waals surface area contributed by atoms with E-state index in [2.05, 4.69) is 0 Å². The number of carbonyl (C=O) groups is 1. The third-order valence-corrected chi connectivity index (χ3v) is 3.58. The highest BCUT2D eigenvalue weighted by atomic mass is 35.5. The predicted octanol–water partition coefficient (Wildman–Crippen LogP) is 1.54. The molecule has 0 unspecified atom stereocenters. The number of aliphatic hydroxyl groups excluding tert-OH is 1. The molecule has 2 rings (SSSR count). The Morgan fingerprint density at radius 1 is 1.44 bits per heavy atom. The van der Waals surface area contributed by atoms with Crippen LogP contribution in [-0.2, 0) is 4.79 Å². The maximum absolute atomic E-state index is 11.6. The van der Waals surface area contributed by atoms with Gasteiger partial charge in [0.1, 0.15) is 5.75 Å². The standard InChI is InChI=1S/C13H16ClNO3/c1-8-3-11(4-9(2)13(8)14)18-7-12(17)15-5-10(16)6-15/h3-4,10,16H,5-7H2,1-2H3.